The summed E-state index contributed by atoms with van der Waals surface area (Å²) in [6, 6.07) is -0.103. The summed E-state index contributed by atoms with van der Waals surface area (Å²) >= 11 is 1.73. The first kappa shape index (κ1) is 13.6. The van der Waals surface area contributed by atoms with Crippen molar-refractivity contribution < 1.29 is 9.90 Å². The standard InChI is InChI=1S/C11H22N2O2S/c1-9(16-2)8-12-10(15)13-11(6-7-14)4-3-5-11/h9,14H,3-8H2,1-2H3,(H2,12,13,15)/t9-/m1/s1. The number of nitrogens with one attached hydrogen (secondary N) is 2. The van der Waals surface area contributed by atoms with E-state index in [1.807, 2.05) is 6.26 Å². The Kier molecular flexibility index (Phi) is 5.41. The molecule has 16 heavy (non-hydrogen) atoms. The monoisotopic (exact) mass is 246 g/mol. The lowest BCUT2D eigenvalue weighted by Crippen LogP contribution is -2.57. The maximum Gasteiger partial charge on any atom is 0.315 e. The molecule has 0 aromatic carbocycles. The van der Waals surface area contributed by atoms with Crippen molar-refractivity contribution in [2.75, 3.05) is 19.4 Å². The molecule has 1 atom stereocenters. The fourth-order valence-electron chi connectivity index (χ4n) is 1.86. The van der Waals surface area contributed by atoms with Crippen LogP contribution in [0.2, 0.25) is 0 Å². The van der Waals surface area contributed by atoms with Crippen LogP contribution in [0.3, 0.4) is 0 Å². The molecular formula is C11H22N2O2S. The molecule has 4 nitrogen and oxygen atoms in total. The van der Waals surface area contributed by atoms with E-state index in [4.69, 9.17) is 5.11 Å². The quantitative estimate of drug-likeness (QED) is 0.663. The van der Waals surface area contributed by atoms with Crippen LogP contribution in [-0.4, -0.2) is 41.3 Å². The van der Waals surface area contributed by atoms with Crippen molar-refractivity contribution in [2.45, 2.75) is 43.4 Å². The van der Waals surface area contributed by atoms with Crippen LogP contribution in [0.1, 0.15) is 32.6 Å². The molecular weight excluding hydrogens is 224 g/mol. The second-order valence-electron chi connectivity index (χ2n) is 4.49. The predicted molar refractivity (Wildman–Crippen MR) is 67.8 cm³/mol. The molecule has 0 heterocycles. The van der Waals surface area contributed by atoms with E-state index in [0.717, 1.165) is 19.3 Å². The lowest BCUT2D eigenvalue weighted by molar-refractivity contribution is 0.136. The van der Waals surface area contributed by atoms with Gasteiger partial charge in [0.25, 0.3) is 0 Å². The van der Waals surface area contributed by atoms with E-state index in [1.54, 1.807) is 11.8 Å². The van der Waals surface area contributed by atoms with E-state index in [-0.39, 0.29) is 18.2 Å². The number of carbonyl (C=O) groups is 1. The summed E-state index contributed by atoms with van der Waals surface area (Å²) in [6.07, 6.45) is 5.81. The average molecular weight is 246 g/mol. The van der Waals surface area contributed by atoms with Gasteiger partial charge in [0, 0.05) is 23.9 Å². The van der Waals surface area contributed by atoms with E-state index in [1.165, 1.54) is 0 Å². The third kappa shape index (κ3) is 3.87. The lowest BCUT2D eigenvalue weighted by Gasteiger charge is -2.42. The third-order valence-corrected chi connectivity index (χ3v) is 4.20. The highest BCUT2D eigenvalue weighted by molar-refractivity contribution is 7.99. The average Bonchev–Trinajstić information content (AvgIpc) is 2.23. The van der Waals surface area contributed by atoms with Gasteiger partial charge in [-0.25, -0.2) is 4.79 Å². The Morgan fingerprint density at radius 1 is 1.56 bits per heavy atom. The van der Waals surface area contributed by atoms with Crippen LogP contribution < -0.4 is 10.6 Å². The number of amides is 2. The molecule has 1 rings (SSSR count). The van der Waals surface area contributed by atoms with Gasteiger partial charge < -0.3 is 15.7 Å². The van der Waals surface area contributed by atoms with Gasteiger partial charge in [-0.15, -0.1) is 0 Å². The molecule has 0 aromatic rings. The van der Waals surface area contributed by atoms with E-state index in [2.05, 4.69) is 17.6 Å². The van der Waals surface area contributed by atoms with Gasteiger partial charge in [0.1, 0.15) is 0 Å². The van der Waals surface area contributed by atoms with Gasteiger partial charge in [-0.3, -0.25) is 0 Å². The number of aliphatic hydroxyl groups excluding tert-OH is 1. The Balaban J connectivity index is 2.27. The normalized spacial score (nSPS) is 19.7. The van der Waals surface area contributed by atoms with Crippen molar-refractivity contribution in [1.82, 2.24) is 10.6 Å². The number of carbonyl (C=O) groups excluding carboxylic acids is 1. The number of hydrogen-bond donors (Lipinski definition) is 3. The Labute approximate surface area is 102 Å². The molecule has 0 saturated heterocycles. The van der Waals surface area contributed by atoms with Crippen LogP contribution in [0.4, 0.5) is 4.79 Å². The van der Waals surface area contributed by atoms with Crippen molar-refractivity contribution >= 4 is 17.8 Å². The van der Waals surface area contributed by atoms with Gasteiger partial charge in [-0.1, -0.05) is 6.92 Å². The van der Waals surface area contributed by atoms with E-state index < -0.39 is 0 Å². The highest BCUT2D eigenvalue weighted by Gasteiger charge is 2.37. The van der Waals surface area contributed by atoms with Gasteiger partial charge in [0.15, 0.2) is 0 Å². The molecule has 94 valence electrons. The fourth-order valence-corrected chi connectivity index (χ4v) is 2.11. The first-order chi connectivity index (χ1) is 7.62. The van der Waals surface area contributed by atoms with Crippen LogP contribution in [0, 0.1) is 0 Å². The first-order valence-corrected chi connectivity index (χ1v) is 7.10. The van der Waals surface area contributed by atoms with Crippen molar-refractivity contribution in [3.8, 4) is 0 Å². The third-order valence-electron chi connectivity index (χ3n) is 3.23. The van der Waals surface area contributed by atoms with Gasteiger partial charge in [0.05, 0.1) is 0 Å². The van der Waals surface area contributed by atoms with Crippen LogP contribution >= 0.6 is 11.8 Å². The number of aliphatic hydroxyl groups is 1. The zero-order valence-electron chi connectivity index (χ0n) is 10.1. The topological polar surface area (TPSA) is 61.4 Å². The summed E-state index contributed by atoms with van der Waals surface area (Å²) in [4.78, 5) is 11.6. The Morgan fingerprint density at radius 3 is 2.69 bits per heavy atom. The van der Waals surface area contributed by atoms with Crippen molar-refractivity contribution in [3.05, 3.63) is 0 Å². The molecule has 0 aromatic heterocycles. The summed E-state index contributed by atoms with van der Waals surface area (Å²) in [5.74, 6) is 0. The zero-order chi connectivity index (χ0) is 12.0. The molecule has 0 bridgehead atoms. The number of thioether (sulfide) groups is 1. The molecule has 5 heteroatoms. The van der Waals surface area contributed by atoms with Gasteiger partial charge in [0.2, 0.25) is 0 Å². The second kappa shape index (κ2) is 6.35. The molecule has 0 spiro atoms. The largest absolute Gasteiger partial charge is 0.396 e. The van der Waals surface area contributed by atoms with E-state index in [0.29, 0.717) is 18.2 Å². The minimum atomic E-state index is -0.137. The van der Waals surface area contributed by atoms with Crippen LogP contribution in [0.25, 0.3) is 0 Å². The maximum absolute atomic E-state index is 11.6. The molecule has 0 unspecified atom stereocenters. The van der Waals surface area contributed by atoms with Gasteiger partial charge in [-0.2, -0.15) is 11.8 Å². The predicted octanol–water partition coefficient (Wildman–Crippen LogP) is 1.34. The van der Waals surface area contributed by atoms with Crippen LogP contribution in [-0.2, 0) is 0 Å². The minimum Gasteiger partial charge on any atom is -0.396 e. The SMILES string of the molecule is CS[C@H](C)CNC(=O)NC1(CCO)CCC1. The number of urea groups is 1. The van der Waals surface area contributed by atoms with E-state index in [9.17, 15) is 4.79 Å². The number of rotatable bonds is 6. The summed E-state index contributed by atoms with van der Waals surface area (Å²) in [7, 11) is 0. The van der Waals surface area contributed by atoms with E-state index >= 15 is 0 Å². The smallest absolute Gasteiger partial charge is 0.315 e. The van der Waals surface area contributed by atoms with Crippen LogP contribution in [0.15, 0.2) is 0 Å². The highest BCUT2D eigenvalue weighted by Crippen LogP contribution is 2.34. The van der Waals surface area contributed by atoms with Crippen molar-refractivity contribution in [1.29, 1.82) is 0 Å². The number of hydrogen-bond acceptors (Lipinski definition) is 3. The summed E-state index contributed by atoms with van der Waals surface area (Å²) in [5, 5.41) is 15.2. The fraction of sp³-hybridized carbons (Fsp3) is 0.909. The molecule has 1 aliphatic rings. The molecule has 3 N–H and O–H groups in total. The Hall–Kier alpha value is -0.420. The Bertz CT molecular complexity index is 232. The Morgan fingerprint density at radius 2 is 2.25 bits per heavy atom. The summed E-state index contributed by atoms with van der Waals surface area (Å²) < 4.78 is 0. The lowest BCUT2D eigenvalue weighted by atomic mass is 9.74. The molecule has 1 saturated carbocycles. The minimum absolute atomic E-state index is 0.103. The van der Waals surface area contributed by atoms with Crippen molar-refractivity contribution in [2.24, 2.45) is 0 Å². The van der Waals surface area contributed by atoms with Gasteiger partial charge >= 0.3 is 6.03 Å². The zero-order valence-corrected chi connectivity index (χ0v) is 10.9. The van der Waals surface area contributed by atoms with Gasteiger partial charge in [-0.05, 0) is 31.9 Å². The molecule has 0 aliphatic heterocycles. The van der Waals surface area contributed by atoms with Crippen molar-refractivity contribution in [3.63, 3.8) is 0 Å². The molecule has 0 radical (unpaired) electrons. The second-order valence-corrected chi connectivity index (χ2v) is 5.76. The molecule has 2 amide bonds. The molecule has 1 fully saturated rings. The highest BCUT2D eigenvalue weighted by atomic mass is 32.2. The van der Waals surface area contributed by atoms with Crippen LogP contribution in [0.5, 0.6) is 0 Å². The first-order valence-electron chi connectivity index (χ1n) is 5.81. The molecule has 1 aliphatic carbocycles. The maximum atomic E-state index is 11.6. The summed E-state index contributed by atoms with van der Waals surface area (Å²) in [6.45, 7) is 2.90. The summed E-state index contributed by atoms with van der Waals surface area (Å²) in [5.41, 5.74) is -0.137.